The lowest BCUT2D eigenvalue weighted by atomic mass is 9.87. The molecule has 2 saturated heterocycles. The molecule has 0 saturated carbocycles. The van der Waals surface area contributed by atoms with Gasteiger partial charge in [-0.05, 0) is 58.3 Å². The van der Waals surface area contributed by atoms with Gasteiger partial charge in [-0.15, -0.1) is 0 Å². The summed E-state index contributed by atoms with van der Waals surface area (Å²) in [7, 11) is 1.68. The molecule has 1 aromatic rings. The van der Waals surface area contributed by atoms with E-state index < -0.39 is 5.60 Å². The summed E-state index contributed by atoms with van der Waals surface area (Å²) in [5.74, 6) is 1.23. The van der Waals surface area contributed by atoms with Crippen LogP contribution < -0.4 is 20.7 Å². The number of para-hydroxylation sites is 2. The largest absolute Gasteiger partial charge is 0.495 e. The second-order valence-electron chi connectivity index (χ2n) is 9.11. The van der Waals surface area contributed by atoms with Crippen molar-refractivity contribution in [2.75, 3.05) is 51.3 Å². The Kier molecular flexibility index (Phi) is 8.98. The van der Waals surface area contributed by atoms with E-state index in [-0.39, 0.29) is 17.9 Å². The van der Waals surface area contributed by atoms with E-state index in [1.165, 1.54) is 0 Å². The van der Waals surface area contributed by atoms with Crippen LogP contribution in [0.2, 0.25) is 0 Å². The molecule has 2 fully saturated rings. The highest BCUT2D eigenvalue weighted by atomic mass is 16.6. The lowest BCUT2D eigenvalue weighted by Gasteiger charge is -2.37. The average Bonchev–Trinajstić information content (AvgIpc) is 2.73. The quantitative estimate of drug-likeness (QED) is 0.759. The first kappa shape index (κ1) is 24.8. The maximum atomic E-state index is 12.0. The Balaban J connectivity index is 0.000000285. The molecule has 2 unspecified atom stereocenters. The second kappa shape index (κ2) is 11.2. The zero-order chi connectivity index (χ0) is 23.0. The summed E-state index contributed by atoms with van der Waals surface area (Å²) < 4.78 is 10.8. The summed E-state index contributed by atoms with van der Waals surface area (Å²) >= 11 is 0. The second-order valence-corrected chi connectivity index (χ2v) is 9.11. The molecule has 2 amide bonds. The molecule has 0 bridgehead atoms. The fraction of sp³-hybridized carbons (Fsp3) is 0.652. The van der Waals surface area contributed by atoms with E-state index in [1.54, 1.807) is 12.0 Å². The van der Waals surface area contributed by atoms with Gasteiger partial charge in [0, 0.05) is 32.1 Å². The Hall–Kier alpha value is -2.48. The standard InChI is InChI=1S/C16H24N2O3.C7H14N2O/c1-16(2,3)21-15(19)18-11-9-17(10-12-18)13-7-5-6-8-14(13)20-4;1-5-4-9-3-2-6(5)7(8)10/h5-8H,9-12H2,1-4H3;5-6,9H,2-4H2,1H3,(H2,8,10). The minimum atomic E-state index is -0.448. The van der Waals surface area contributed by atoms with Crippen molar-refractivity contribution in [3.63, 3.8) is 0 Å². The van der Waals surface area contributed by atoms with Crippen molar-refractivity contribution in [1.82, 2.24) is 10.2 Å². The normalized spacial score (nSPS) is 21.6. The van der Waals surface area contributed by atoms with Crippen molar-refractivity contribution in [3.8, 4) is 5.75 Å². The van der Waals surface area contributed by atoms with Gasteiger partial charge >= 0.3 is 6.09 Å². The number of nitrogens with zero attached hydrogens (tertiary/aromatic N) is 2. The van der Waals surface area contributed by atoms with Crippen molar-refractivity contribution in [2.45, 2.75) is 39.7 Å². The molecule has 8 heteroatoms. The third-order valence-electron chi connectivity index (χ3n) is 5.51. The number of hydrogen-bond donors (Lipinski definition) is 2. The Morgan fingerprint density at radius 3 is 2.29 bits per heavy atom. The molecule has 1 aromatic carbocycles. The van der Waals surface area contributed by atoms with Crippen LogP contribution in [0.4, 0.5) is 10.5 Å². The van der Waals surface area contributed by atoms with Gasteiger partial charge in [0.1, 0.15) is 11.4 Å². The van der Waals surface area contributed by atoms with E-state index in [4.69, 9.17) is 15.2 Å². The first-order valence-corrected chi connectivity index (χ1v) is 11.0. The van der Waals surface area contributed by atoms with Gasteiger partial charge in [0.2, 0.25) is 5.91 Å². The topological polar surface area (TPSA) is 97.1 Å². The van der Waals surface area contributed by atoms with Crippen LogP contribution in [0.1, 0.15) is 34.1 Å². The van der Waals surface area contributed by atoms with Gasteiger partial charge in [-0.3, -0.25) is 4.79 Å². The van der Waals surface area contributed by atoms with Gasteiger partial charge in [0.05, 0.1) is 12.8 Å². The van der Waals surface area contributed by atoms with Crippen molar-refractivity contribution in [2.24, 2.45) is 17.6 Å². The first-order chi connectivity index (χ1) is 14.6. The van der Waals surface area contributed by atoms with Crippen LogP contribution in [-0.2, 0) is 9.53 Å². The van der Waals surface area contributed by atoms with Gasteiger partial charge in [-0.25, -0.2) is 4.79 Å². The van der Waals surface area contributed by atoms with Crippen LogP contribution in [0.3, 0.4) is 0 Å². The van der Waals surface area contributed by atoms with Gasteiger partial charge in [-0.2, -0.15) is 0 Å². The highest BCUT2D eigenvalue weighted by Crippen LogP contribution is 2.28. The van der Waals surface area contributed by atoms with E-state index >= 15 is 0 Å². The lowest BCUT2D eigenvalue weighted by molar-refractivity contribution is -0.123. The number of hydrogen-bond acceptors (Lipinski definition) is 6. The van der Waals surface area contributed by atoms with E-state index in [2.05, 4.69) is 17.1 Å². The molecular weight excluding hydrogens is 396 g/mol. The van der Waals surface area contributed by atoms with Crippen LogP contribution in [-0.4, -0.2) is 68.9 Å². The Bertz CT molecular complexity index is 727. The maximum Gasteiger partial charge on any atom is 0.410 e. The number of nitrogens with one attached hydrogen (secondary N) is 1. The molecule has 0 spiro atoms. The number of ether oxygens (including phenoxy) is 2. The number of carbonyl (C=O) groups excluding carboxylic acids is 2. The summed E-state index contributed by atoms with van der Waals surface area (Å²) in [6, 6.07) is 7.95. The number of carbonyl (C=O) groups is 2. The molecule has 2 heterocycles. The summed E-state index contributed by atoms with van der Waals surface area (Å²) in [5.41, 5.74) is 5.82. The number of amides is 2. The van der Waals surface area contributed by atoms with Gasteiger partial charge < -0.3 is 30.3 Å². The number of benzene rings is 1. The Morgan fingerprint density at radius 1 is 1.13 bits per heavy atom. The van der Waals surface area contributed by atoms with Crippen molar-refractivity contribution < 1.29 is 19.1 Å². The fourth-order valence-corrected chi connectivity index (χ4v) is 3.78. The van der Waals surface area contributed by atoms with E-state index in [0.717, 1.165) is 44.0 Å². The fourth-order valence-electron chi connectivity index (χ4n) is 3.78. The third-order valence-corrected chi connectivity index (χ3v) is 5.51. The molecular formula is C23H38N4O4. The Morgan fingerprint density at radius 2 is 1.77 bits per heavy atom. The third kappa shape index (κ3) is 7.61. The minimum Gasteiger partial charge on any atom is -0.495 e. The number of anilines is 1. The van der Waals surface area contributed by atoms with Crippen LogP contribution in [0.25, 0.3) is 0 Å². The summed E-state index contributed by atoms with van der Waals surface area (Å²) in [5, 5.41) is 3.21. The van der Waals surface area contributed by atoms with E-state index in [9.17, 15) is 9.59 Å². The maximum absolute atomic E-state index is 12.0. The van der Waals surface area contributed by atoms with Crippen LogP contribution in [0.5, 0.6) is 5.75 Å². The molecule has 3 N–H and O–H groups in total. The molecule has 174 valence electrons. The average molecular weight is 435 g/mol. The molecule has 0 aliphatic carbocycles. The molecule has 2 aliphatic heterocycles. The first-order valence-electron chi connectivity index (χ1n) is 11.0. The smallest absolute Gasteiger partial charge is 0.410 e. The van der Waals surface area contributed by atoms with E-state index in [1.807, 2.05) is 45.0 Å². The highest BCUT2D eigenvalue weighted by Gasteiger charge is 2.27. The van der Waals surface area contributed by atoms with Crippen LogP contribution >= 0.6 is 0 Å². The minimum absolute atomic E-state index is 0.0984. The van der Waals surface area contributed by atoms with Gasteiger partial charge in [-0.1, -0.05) is 19.1 Å². The number of nitrogens with two attached hydrogens (primary N) is 1. The van der Waals surface area contributed by atoms with Gasteiger partial charge in [0.25, 0.3) is 0 Å². The van der Waals surface area contributed by atoms with E-state index in [0.29, 0.717) is 19.0 Å². The summed E-state index contributed by atoms with van der Waals surface area (Å²) in [6.45, 7) is 12.4. The zero-order valence-corrected chi connectivity index (χ0v) is 19.5. The molecule has 2 aliphatic rings. The molecule has 3 rings (SSSR count). The SMILES string of the molecule is CC1CNCCC1C(N)=O.COc1ccccc1N1CCN(C(=O)OC(C)(C)C)CC1. The number of primary amides is 1. The van der Waals surface area contributed by atoms with Gasteiger partial charge in [0.15, 0.2) is 0 Å². The van der Waals surface area contributed by atoms with Crippen molar-refractivity contribution >= 4 is 17.7 Å². The van der Waals surface area contributed by atoms with Crippen LogP contribution in [0.15, 0.2) is 24.3 Å². The predicted octanol–water partition coefficient (Wildman–Crippen LogP) is 2.47. The molecule has 2 atom stereocenters. The van der Waals surface area contributed by atoms with Crippen molar-refractivity contribution in [1.29, 1.82) is 0 Å². The Labute approximate surface area is 186 Å². The number of piperazine rings is 1. The molecule has 0 aromatic heterocycles. The lowest BCUT2D eigenvalue weighted by Crippen LogP contribution is -2.50. The number of rotatable bonds is 3. The highest BCUT2D eigenvalue weighted by molar-refractivity contribution is 5.77. The predicted molar refractivity (Wildman–Crippen MR) is 122 cm³/mol. The molecule has 0 radical (unpaired) electrons. The monoisotopic (exact) mass is 434 g/mol. The number of piperidine rings is 1. The molecule has 31 heavy (non-hydrogen) atoms. The summed E-state index contributed by atoms with van der Waals surface area (Å²) in [4.78, 5) is 26.8. The molecule has 8 nitrogen and oxygen atoms in total. The summed E-state index contributed by atoms with van der Waals surface area (Å²) in [6.07, 6.45) is 0.665. The zero-order valence-electron chi connectivity index (χ0n) is 19.5. The number of methoxy groups -OCH3 is 1. The van der Waals surface area contributed by atoms with Crippen LogP contribution in [0, 0.1) is 11.8 Å². The van der Waals surface area contributed by atoms with Crippen molar-refractivity contribution in [3.05, 3.63) is 24.3 Å².